The lowest BCUT2D eigenvalue weighted by Crippen LogP contribution is -2.52. The third-order valence-corrected chi connectivity index (χ3v) is 9.11. The maximum atomic E-state index is 13.6. The van der Waals surface area contributed by atoms with E-state index in [1.165, 1.54) is 103 Å². The summed E-state index contributed by atoms with van der Waals surface area (Å²) in [6.07, 6.45) is 24.7. The fraction of sp³-hybridized carbons (Fsp3) is 0.963. The number of carbonyl (C=O) groups is 1. The van der Waals surface area contributed by atoms with Gasteiger partial charge in [0.15, 0.2) is 0 Å². The average molecular weight is 405 g/mol. The van der Waals surface area contributed by atoms with E-state index >= 15 is 0 Å². The minimum atomic E-state index is -0.175. The minimum absolute atomic E-state index is 0.175. The molecule has 0 atom stereocenters. The Hall–Kier alpha value is -0.530. The number of unbranched alkanes of at least 4 members (excludes halogenated alkanes) is 2. The number of rotatable bonds is 9. The van der Waals surface area contributed by atoms with Gasteiger partial charge in [0.05, 0.1) is 12.0 Å². The molecule has 0 saturated heterocycles. The Labute approximate surface area is 180 Å². The number of hydrogen-bond acceptors (Lipinski definition) is 2. The minimum Gasteiger partial charge on any atom is -0.465 e. The van der Waals surface area contributed by atoms with Crippen LogP contribution in [0.3, 0.4) is 0 Å². The lowest BCUT2D eigenvalue weighted by atomic mass is 9.49. The van der Waals surface area contributed by atoms with Gasteiger partial charge in [-0.2, -0.15) is 0 Å². The van der Waals surface area contributed by atoms with Gasteiger partial charge in [-0.15, -0.1) is 0 Å². The predicted molar refractivity (Wildman–Crippen MR) is 122 cm³/mol. The van der Waals surface area contributed by atoms with Gasteiger partial charge in [-0.25, -0.2) is 0 Å². The zero-order chi connectivity index (χ0) is 20.6. The lowest BCUT2D eigenvalue weighted by molar-refractivity contribution is -0.175. The highest BCUT2D eigenvalue weighted by atomic mass is 16.5. The standard InChI is InChI=1S/C27H48O2/c1-3-5-10-17-26(20-15-24(16-21-26)23-13-8-6-9-14-23)27(18-11-7-12-19-27)25(28)29-22-4-2/h23-24H,3-22H2,1-2H3. The van der Waals surface area contributed by atoms with Crippen molar-refractivity contribution >= 4 is 5.97 Å². The van der Waals surface area contributed by atoms with Crippen molar-refractivity contribution in [3.63, 3.8) is 0 Å². The van der Waals surface area contributed by atoms with Crippen molar-refractivity contribution in [3.8, 4) is 0 Å². The molecule has 0 aliphatic heterocycles. The van der Waals surface area contributed by atoms with Crippen LogP contribution in [0.2, 0.25) is 0 Å². The molecule has 3 aliphatic carbocycles. The summed E-state index contributed by atoms with van der Waals surface area (Å²) in [5.74, 6) is 2.10. The van der Waals surface area contributed by atoms with Gasteiger partial charge in [-0.3, -0.25) is 4.79 Å². The summed E-state index contributed by atoms with van der Waals surface area (Å²) in [5.41, 5.74) is 0.0459. The molecule has 3 saturated carbocycles. The molecule has 0 bridgehead atoms. The summed E-state index contributed by atoms with van der Waals surface area (Å²) in [7, 11) is 0. The molecule has 0 spiro atoms. The van der Waals surface area contributed by atoms with Crippen LogP contribution in [-0.4, -0.2) is 12.6 Å². The Morgan fingerprint density at radius 3 is 2.00 bits per heavy atom. The van der Waals surface area contributed by atoms with Crippen molar-refractivity contribution in [1.82, 2.24) is 0 Å². The molecule has 2 heteroatoms. The van der Waals surface area contributed by atoms with E-state index in [1.807, 2.05) is 0 Å². The first-order valence-electron chi connectivity index (χ1n) is 13.3. The van der Waals surface area contributed by atoms with Gasteiger partial charge in [-0.1, -0.05) is 84.5 Å². The van der Waals surface area contributed by atoms with Crippen LogP contribution in [0.15, 0.2) is 0 Å². The highest BCUT2D eigenvalue weighted by molar-refractivity contribution is 5.78. The third-order valence-electron chi connectivity index (χ3n) is 9.11. The van der Waals surface area contributed by atoms with Crippen LogP contribution < -0.4 is 0 Å². The molecule has 29 heavy (non-hydrogen) atoms. The molecule has 0 unspecified atom stereocenters. The largest absolute Gasteiger partial charge is 0.465 e. The van der Waals surface area contributed by atoms with Crippen molar-refractivity contribution in [2.45, 2.75) is 136 Å². The first-order valence-corrected chi connectivity index (χ1v) is 13.3. The van der Waals surface area contributed by atoms with E-state index in [2.05, 4.69) is 13.8 Å². The maximum absolute atomic E-state index is 13.6. The van der Waals surface area contributed by atoms with Gasteiger partial charge < -0.3 is 4.74 Å². The highest BCUT2D eigenvalue weighted by Crippen LogP contribution is 2.61. The third kappa shape index (κ3) is 5.21. The van der Waals surface area contributed by atoms with Gasteiger partial charge >= 0.3 is 5.97 Å². The molecular weight excluding hydrogens is 356 g/mol. The molecular formula is C27H48O2. The van der Waals surface area contributed by atoms with Crippen molar-refractivity contribution in [1.29, 1.82) is 0 Å². The van der Waals surface area contributed by atoms with E-state index in [0.29, 0.717) is 6.61 Å². The van der Waals surface area contributed by atoms with Crippen LogP contribution >= 0.6 is 0 Å². The maximum Gasteiger partial charge on any atom is 0.312 e. The molecule has 0 radical (unpaired) electrons. The van der Waals surface area contributed by atoms with E-state index in [0.717, 1.165) is 31.1 Å². The lowest BCUT2D eigenvalue weighted by Gasteiger charge is -2.55. The van der Waals surface area contributed by atoms with E-state index in [4.69, 9.17) is 4.74 Å². The summed E-state index contributed by atoms with van der Waals surface area (Å²) in [4.78, 5) is 13.6. The molecule has 3 fully saturated rings. The van der Waals surface area contributed by atoms with Crippen molar-refractivity contribution < 1.29 is 9.53 Å². The molecule has 0 aromatic rings. The summed E-state index contributed by atoms with van der Waals surface area (Å²) in [5, 5.41) is 0. The predicted octanol–water partition coefficient (Wildman–Crippen LogP) is 8.23. The summed E-state index contributed by atoms with van der Waals surface area (Å²) >= 11 is 0. The number of esters is 1. The monoisotopic (exact) mass is 404 g/mol. The molecule has 0 heterocycles. The van der Waals surface area contributed by atoms with Crippen LogP contribution in [0.4, 0.5) is 0 Å². The van der Waals surface area contributed by atoms with Crippen LogP contribution in [0.1, 0.15) is 136 Å². The van der Waals surface area contributed by atoms with Gasteiger partial charge in [0.1, 0.15) is 0 Å². The van der Waals surface area contributed by atoms with Crippen LogP contribution in [0.5, 0.6) is 0 Å². The molecule has 2 nitrogen and oxygen atoms in total. The molecule has 0 aromatic carbocycles. The summed E-state index contributed by atoms with van der Waals surface area (Å²) in [6, 6.07) is 0. The Balaban J connectivity index is 1.79. The summed E-state index contributed by atoms with van der Waals surface area (Å²) in [6.45, 7) is 5.03. The molecule has 0 N–H and O–H groups in total. The zero-order valence-electron chi connectivity index (χ0n) is 19.6. The Kier molecular flexibility index (Phi) is 8.93. The first-order chi connectivity index (χ1) is 14.2. The molecule has 0 amide bonds. The van der Waals surface area contributed by atoms with E-state index in [9.17, 15) is 4.79 Å². The average Bonchev–Trinajstić information content (AvgIpc) is 2.79. The van der Waals surface area contributed by atoms with Crippen molar-refractivity contribution in [2.75, 3.05) is 6.61 Å². The van der Waals surface area contributed by atoms with E-state index in [1.54, 1.807) is 0 Å². The van der Waals surface area contributed by atoms with Crippen LogP contribution in [0.25, 0.3) is 0 Å². The second kappa shape index (κ2) is 11.2. The molecule has 168 valence electrons. The van der Waals surface area contributed by atoms with Gasteiger partial charge in [0.25, 0.3) is 0 Å². The van der Waals surface area contributed by atoms with Gasteiger partial charge in [-0.05, 0) is 68.6 Å². The second-order valence-corrected chi connectivity index (χ2v) is 10.8. The topological polar surface area (TPSA) is 26.3 Å². The van der Waals surface area contributed by atoms with Gasteiger partial charge in [0.2, 0.25) is 0 Å². The quantitative estimate of drug-likeness (QED) is 0.286. The number of ether oxygens (including phenoxy) is 1. The molecule has 3 rings (SSSR count). The van der Waals surface area contributed by atoms with Crippen LogP contribution in [-0.2, 0) is 9.53 Å². The normalized spacial score (nSPS) is 30.8. The smallest absolute Gasteiger partial charge is 0.312 e. The molecule has 0 aromatic heterocycles. The second-order valence-electron chi connectivity index (χ2n) is 10.8. The first kappa shape index (κ1) is 23.1. The van der Waals surface area contributed by atoms with Crippen LogP contribution in [0, 0.1) is 22.7 Å². The van der Waals surface area contributed by atoms with Crippen molar-refractivity contribution in [3.05, 3.63) is 0 Å². The Morgan fingerprint density at radius 2 is 1.38 bits per heavy atom. The summed E-state index contributed by atoms with van der Waals surface area (Å²) < 4.78 is 5.92. The van der Waals surface area contributed by atoms with Crippen molar-refractivity contribution in [2.24, 2.45) is 22.7 Å². The molecule has 3 aliphatic rings. The Bertz CT molecular complexity index is 477. The van der Waals surface area contributed by atoms with E-state index < -0.39 is 0 Å². The number of carbonyl (C=O) groups excluding carboxylic acids is 1. The highest BCUT2D eigenvalue weighted by Gasteiger charge is 2.57. The van der Waals surface area contributed by atoms with E-state index in [-0.39, 0.29) is 16.8 Å². The number of hydrogen-bond donors (Lipinski definition) is 0. The zero-order valence-corrected chi connectivity index (χ0v) is 19.6. The fourth-order valence-electron chi connectivity index (χ4n) is 7.39. The SMILES string of the molecule is CCCCCC1(C2(C(=O)OCCC)CCCCC2)CCC(C2CCCCC2)CC1. The van der Waals surface area contributed by atoms with Gasteiger partial charge in [0, 0.05) is 0 Å². The fourth-order valence-corrected chi connectivity index (χ4v) is 7.39. The Morgan fingerprint density at radius 1 is 0.759 bits per heavy atom.